The van der Waals surface area contributed by atoms with Gasteiger partial charge in [0, 0.05) is 57.3 Å². The Morgan fingerprint density at radius 2 is 1.96 bits per heavy atom. The van der Waals surface area contributed by atoms with Crippen molar-refractivity contribution in [3.05, 3.63) is 70.3 Å². The van der Waals surface area contributed by atoms with Gasteiger partial charge in [0.1, 0.15) is 5.75 Å². The van der Waals surface area contributed by atoms with Gasteiger partial charge in [0.2, 0.25) is 5.91 Å². The number of hydrogen-bond donors (Lipinski definition) is 2. The van der Waals surface area contributed by atoms with E-state index in [9.17, 15) is 23.1 Å². The Balaban J connectivity index is 1.33. The molecule has 11 nitrogen and oxygen atoms in total. The molecule has 2 aromatic rings. The Hall–Kier alpha value is -3.16. The molecule has 13 heteroatoms. The molecular weight excluding hydrogens is 692 g/mol. The molecule has 5 atom stereocenters. The first-order valence-corrected chi connectivity index (χ1v) is 19.9. The number of amides is 2. The summed E-state index contributed by atoms with van der Waals surface area (Å²) in [5.41, 5.74) is 0.418. The SMILES string of the molecule is CO[C@H]1/C=C/CCN(C)C(=O)C[C@](O)(C(=O)NS(=O)(=O)N(C)C2CC2)c2ccc3c(c2)N(C[C@@H]2CC[C@H]21)C[C@@]1(CCCc2cc(Cl)ccc21)CO3. The van der Waals surface area contributed by atoms with Crippen molar-refractivity contribution in [3.63, 3.8) is 0 Å². The van der Waals surface area contributed by atoms with Crippen LogP contribution >= 0.6 is 11.6 Å². The Bertz CT molecular complexity index is 1820. The third-order valence-corrected chi connectivity index (χ3v) is 13.7. The van der Waals surface area contributed by atoms with Gasteiger partial charge in [0.25, 0.3) is 5.91 Å². The lowest BCUT2D eigenvalue weighted by Gasteiger charge is -2.46. The standard InChI is InChI=1S/C38H49ClN4O7S/c1-41-18-5-4-8-33(49-3)30-14-9-26(30)22-43-23-37(17-6-7-25-19-28(39)11-15-31(25)37)24-50-34-16-10-27(20-32(34)43)38(46,21-35(41)44)36(45)40-51(47,48)42(2)29-12-13-29/h4,8,10-11,15-16,19-20,26,29-30,33,46H,5-7,9,12-14,17-18,21-24H2,1-3H3,(H,40,45)/b8-4+/t26-,30+,33-,37-,38+/m0/s1. The van der Waals surface area contributed by atoms with Crippen molar-refractivity contribution in [2.45, 2.75) is 80.9 Å². The smallest absolute Gasteiger partial charge is 0.303 e. The van der Waals surface area contributed by atoms with E-state index < -0.39 is 34.0 Å². The number of benzene rings is 2. The molecule has 276 valence electrons. The molecule has 0 unspecified atom stereocenters. The minimum Gasteiger partial charge on any atom is -0.490 e. The predicted octanol–water partition coefficient (Wildman–Crippen LogP) is 4.31. The average molecular weight is 741 g/mol. The van der Waals surface area contributed by atoms with Gasteiger partial charge in [-0.2, -0.15) is 12.7 Å². The van der Waals surface area contributed by atoms with E-state index in [-0.39, 0.29) is 23.1 Å². The zero-order valence-corrected chi connectivity index (χ0v) is 31.2. The highest BCUT2D eigenvalue weighted by Crippen LogP contribution is 2.48. The monoisotopic (exact) mass is 740 g/mol. The van der Waals surface area contributed by atoms with Gasteiger partial charge in [-0.05, 0) is 104 Å². The van der Waals surface area contributed by atoms with Gasteiger partial charge in [-0.25, -0.2) is 4.72 Å². The normalized spacial score (nSPS) is 30.5. The fourth-order valence-corrected chi connectivity index (χ4v) is 9.85. The van der Waals surface area contributed by atoms with Gasteiger partial charge in [-0.3, -0.25) is 9.59 Å². The number of rotatable bonds is 5. The van der Waals surface area contributed by atoms with Crippen LogP contribution in [-0.2, 0) is 42.0 Å². The Morgan fingerprint density at radius 1 is 1.16 bits per heavy atom. The summed E-state index contributed by atoms with van der Waals surface area (Å²) >= 11 is 6.46. The molecule has 0 saturated heterocycles. The molecule has 2 amide bonds. The van der Waals surface area contributed by atoms with Crippen LogP contribution < -0.4 is 14.4 Å². The highest BCUT2D eigenvalue weighted by atomic mass is 35.5. The number of ether oxygens (including phenoxy) is 2. The topological polar surface area (TPSA) is 129 Å². The first kappa shape index (κ1) is 36.2. The van der Waals surface area contributed by atoms with Crippen LogP contribution in [0.2, 0.25) is 5.02 Å². The van der Waals surface area contributed by atoms with Crippen molar-refractivity contribution >= 4 is 39.3 Å². The van der Waals surface area contributed by atoms with Crippen LogP contribution in [0.3, 0.4) is 0 Å². The summed E-state index contributed by atoms with van der Waals surface area (Å²) in [5.74, 6) is -0.469. The van der Waals surface area contributed by atoms with Crippen molar-refractivity contribution in [1.82, 2.24) is 13.9 Å². The van der Waals surface area contributed by atoms with E-state index in [0.717, 1.165) is 36.4 Å². The minimum absolute atomic E-state index is 0.0669. The van der Waals surface area contributed by atoms with Crippen LogP contribution in [0, 0.1) is 11.8 Å². The van der Waals surface area contributed by atoms with Crippen molar-refractivity contribution in [3.8, 4) is 5.75 Å². The number of nitrogens with one attached hydrogen (secondary N) is 1. The first-order valence-electron chi connectivity index (χ1n) is 18.1. The highest BCUT2D eigenvalue weighted by Gasteiger charge is 2.48. The molecule has 2 aliphatic heterocycles. The first-order chi connectivity index (χ1) is 24.3. The molecular formula is C38H49ClN4O7S. The number of fused-ring (bicyclic) bond motifs is 4. The van der Waals surface area contributed by atoms with Crippen LogP contribution in [0.25, 0.3) is 0 Å². The maximum atomic E-state index is 14.1. The van der Waals surface area contributed by atoms with Gasteiger partial charge in [0.05, 0.1) is 24.8 Å². The lowest BCUT2D eigenvalue weighted by atomic mass is 9.68. The molecule has 2 heterocycles. The van der Waals surface area contributed by atoms with E-state index in [1.54, 1.807) is 32.4 Å². The van der Waals surface area contributed by atoms with Crippen LogP contribution in [-0.4, -0.2) is 94.1 Å². The van der Waals surface area contributed by atoms with Gasteiger partial charge < -0.3 is 24.4 Å². The summed E-state index contributed by atoms with van der Waals surface area (Å²) in [5, 5.41) is 13.1. The van der Waals surface area contributed by atoms with Crippen LogP contribution in [0.1, 0.15) is 68.1 Å². The summed E-state index contributed by atoms with van der Waals surface area (Å²) in [6.45, 7) is 2.10. The van der Waals surface area contributed by atoms with Gasteiger partial charge >= 0.3 is 10.2 Å². The van der Waals surface area contributed by atoms with Crippen molar-refractivity contribution in [1.29, 1.82) is 0 Å². The van der Waals surface area contributed by atoms with Crippen molar-refractivity contribution < 1.29 is 32.6 Å². The van der Waals surface area contributed by atoms with Crippen molar-refractivity contribution in [2.24, 2.45) is 11.8 Å². The molecule has 7 rings (SSSR count). The molecule has 0 radical (unpaired) electrons. The Kier molecular flexibility index (Phi) is 9.94. The third kappa shape index (κ3) is 7.02. The fourth-order valence-electron chi connectivity index (χ4n) is 8.50. The molecule has 2 N–H and O–H groups in total. The van der Waals surface area contributed by atoms with Crippen LogP contribution in [0.4, 0.5) is 5.69 Å². The van der Waals surface area contributed by atoms with E-state index in [4.69, 9.17) is 21.1 Å². The largest absolute Gasteiger partial charge is 0.490 e. The molecule has 2 fully saturated rings. The zero-order valence-electron chi connectivity index (χ0n) is 29.6. The fraction of sp³-hybridized carbons (Fsp3) is 0.579. The lowest BCUT2D eigenvalue weighted by molar-refractivity contribution is -0.148. The molecule has 5 aliphatic rings. The minimum atomic E-state index is -4.28. The summed E-state index contributed by atoms with van der Waals surface area (Å²) in [7, 11) is 0.496. The van der Waals surface area contributed by atoms with E-state index in [0.29, 0.717) is 73.8 Å². The Labute approximate surface area is 306 Å². The second-order valence-electron chi connectivity index (χ2n) is 15.2. The number of anilines is 1. The number of aliphatic hydroxyl groups is 1. The molecule has 2 bridgehead atoms. The van der Waals surface area contributed by atoms with Gasteiger partial charge in [-0.15, -0.1) is 0 Å². The van der Waals surface area contributed by atoms with Crippen LogP contribution in [0.5, 0.6) is 5.75 Å². The molecule has 0 aromatic heterocycles. The lowest BCUT2D eigenvalue weighted by Crippen LogP contribution is -2.52. The maximum absolute atomic E-state index is 14.1. The number of hydrogen-bond acceptors (Lipinski definition) is 8. The van der Waals surface area contributed by atoms with E-state index in [1.165, 1.54) is 23.1 Å². The van der Waals surface area contributed by atoms with E-state index >= 15 is 0 Å². The molecule has 2 saturated carbocycles. The highest BCUT2D eigenvalue weighted by molar-refractivity contribution is 7.87. The van der Waals surface area contributed by atoms with Crippen LogP contribution in [0.15, 0.2) is 48.6 Å². The second kappa shape index (κ2) is 14.0. The number of carbonyl (C=O) groups excluding carboxylic acids is 2. The molecule has 1 spiro atoms. The number of nitrogens with zero attached hydrogens (tertiary/aromatic N) is 3. The zero-order chi connectivity index (χ0) is 36.1. The molecule has 2 aromatic carbocycles. The number of aryl methyl sites for hydroxylation is 1. The maximum Gasteiger partial charge on any atom is 0.303 e. The van der Waals surface area contributed by atoms with E-state index in [2.05, 4.69) is 27.8 Å². The summed E-state index contributed by atoms with van der Waals surface area (Å²) in [4.78, 5) is 31.5. The number of methoxy groups -OCH3 is 1. The Morgan fingerprint density at radius 3 is 2.69 bits per heavy atom. The van der Waals surface area contributed by atoms with Crippen molar-refractivity contribution in [2.75, 3.05) is 52.3 Å². The molecule has 3 aliphatic carbocycles. The number of halogens is 1. The molecule has 51 heavy (non-hydrogen) atoms. The van der Waals surface area contributed by atoms with Gasteiger partial charge in [-0.1, -0.05) is 35.9 Å². The number of carbonyl (C=O) groups is 2. The quantitative estimate of drug-likeness (QED) is 0.435. The predicted molar refractivity (Wildman–Crippen MR) is 195 cm³/mol. The summed E-state index contributed by atoms with van der Waals surface area (Å²) in [6.07, 6.45) is 10.2. The summed E-state index contributed by atoms with van der Waals surface area (Å²) in [6, 6.07) is 11.0. The third-order valence-electron chi connectivity index (χ3n) is 12.0. The van der Waals surface area contributed by atoms with Gasteiger partial charge in [0.15, 0.2) is 5.60 Å². The average Bonchev–Trinajstić information content (AvgIpc) is 3.95. The summed E-state index contributed by atoms with van der Waals surface area (Å²) < 4.78 is 42.4. The van der Waals surface area contributed by atoms with E-state index in [1.807, 2.05) is 12.1 Å². The second-order valence-corrected chi connectivity index (χ2v) is 17.4.